The summed E-state index contributed by atoms with van der Waals surface area (Å²) in [6, 6.07) is 68.1. The Morgan fingerprint density at radius 3 is 1.57 bits per heavy atom. The first kappa shape index (κ1) is 34.1. The highest BCUT2D eigenvalue weighted by Crippen LogP contribution is 2.49. The van der Waals surface area contributed by atoms with Gasteiger partial charge in [-0.25, -0.2) is 0 Å². The number of hydrogen-bond acceptors (Lipinski definition) is 2. The molecule has 0 saturated carbocycles. The van der Waals surface area contributed by atoms with Gasteiger partial charge in [-0.1, -0.05) is 188 Å². The number of hydrogen-bond donors (Lipinski definition) is 0. The highest BCUT2D eigenvalue weighted by Gasteiger charge is 2.34. The predicted molar refractivity (Wildman–Crippen MR) is 261 cm³/mol. The van der Waals surface area contributed by atoms with Crippen LogP contribution in [0.15, 0.2) is 206 Å². The highest BCUT2D eigenvalue weighted by molar-refractivity contribution is 7.26. The van der Waals surface area contributed by atoms with E-state index in [1.807, 2.05) is 22.7 Å². The Kier molecular flexibility index (Phi) is 7.57. The summed E-state index contributed by atoms with van der Waals surface area (Å²) >= 11 is 3.85. The van der Waals surface area contributed by atoms with E-state index in [0.29, 0.717) is 0 Å². The van der Waals surface area contributed by atoms with Crippen LogP contribution in [0.2, 0.25) is 0 Å². The Morgan fingerprint density at radius 1 is 0.333 bits per heavy atom. The van der Waals surface area contributed by atoms with Crippen LogP contribution in [0.25, 0.3) is 95.3 Å². The van der Waals surface area contributed by atoms with Crippen molar-refractivity contribution in [2.45, 2.75) is 0 Å². The molecule has 0 radical (unpaired) electrons. The van der Waals surface area contributed by atoms with Crippen molar-refractivity contribution in [3.63, 3.8) is 0 Å². The second kappa shape index (κ2) is 13.3. The van der Waals surface area contributed by atoms with E-state index in [0.717, 1.165) is 0 Å². The largest absolute Gasteiger partial charge is 0.135 e. The molecule has 0 N–H and O–H groups in total. The molecule has 2 heterocycles. The molecular weight excluding hydrogens is 761 g/mol. The van der Waals surface area contributed by atoms with Crippen LogP contribution in [-0.2, 0) is 0 Å². The van der Waals surface area contributed by atoms with Crippen LogP contribution < -0.4 is 10.4 Å². The van der Waals surface area contributed by atoms with Crippen molar-refractivity contribution < 1.29 is 0 Å². The molecule has 0 nitrogen and oxygen atoms in total. The maximum atomic E-state index is 2.46. The van der Waals surface area contributed by atoms with Crippen LogP contribution in [0.1, 0.15) is 11.1 Å². The third-order valence-electron chi connectivity index (χ3n) is 13.1. The van der Waals surface area contributed by atoms with Crippen molar-refractivity contribution in [2.24, 2.45) is 11.8 Å². The zero-order chi connectivity index (χ0) is 39.3. The van der Waals surface area contributed by atoms with E-state index in [2.05, 4.69) is 206 Å². The Hall–Kier alpha value is -6.84. The smallest absolute Gasteiger partial charge is 0.0431 e. The van der Waals surface area contributed by atoms with E-state index in [9.17, 15) is 0 Å². The minimum Gasteiger partial charge on any atom is -0.135 e. The van der Waals surface area contributed by atoms with Crippen molar-refractivity contribution in [3.8, 4) is 22.3 Å². The Morgan fingerprint density at radius 2 is 0.867 bits per heavy atom. The molecule has 2 aromatic heterocycles. The molecule has 2 unspecified atom stereocenters. The lowest BCUT2D eigenvalue weighted by Crippen LogP contribution is -2.40. The van der Waals surface area contributed by atoms with Gasteiger partial charge >= 0.3 is 0 Å². The number of thiophene rings is 2. The number of benzene rings is 9. The molecule has 60 heavy (non-hydrogen) atoms. The van der Waals surface area contributed by atoms with E-state index >= 15 is 0 Å². The zero-order valence-corrected chi connectivity index (χ0v) is 34.2. The van der Waals surface area contributed by atoms with Gasteiger partial charge in [0.15, 0.2) is 0 Å². The van der Waals surface area contributed by atoms with Gasteiger partial charge in [0.2, 0.25) is 0 Å². The standard InChI is InChI=1S/C58H36S2/c1-2-16-35(17-3-1)53-38-18-4-6-20-40(38)54(41-21-7-5-19-39(41)53)36-32-33-37-46-27-14-29-49(58(46)60-52(37)34-36)56-44-24-10-8-22-42(44)55(43-23-9-11-25-45(43)56)48-28-15-31-51-57(48)47-26-12-13-30-50(47)59-51/h1-34,42,44H. The van der Waals surface area contributed by atoms with Gasteiger partial charge in [0, 0.05) is 52.2 Å². The maximum Gasteiger partial charge on any atom is 0.0431 e. The molecule has 280 valence electrons. The minimum atomic E-state index is 0.201. The molecule has 13 rings (SSSR count). The van der Waals surface area contributed by atoms with Crippen LogP contribution in [-0.4, -0.2) is 0 Å². The van der Waals surface area contributed by atoms with Gasteiger partial charge in [0.25, 0.3) is 0 Å². The Labute approximate surface area is 355 Å². The molecule has 0 spiro atoms. The van der Waals surface area contributed by atoms with E-state index in [-0.39, 0.29) is 11.8 Å². The average Bonchev–Trinajstić information content (AvgIpc) is 3.89. The summed E-state index contributed by atoms with van der Waals surface area (Å²) < 4.78 is 5.37. The topological polar surface area (TPSA) is 0 Å². The SMILES string of the molecule is C1=CC2C(c3cccc4c3sc3cc(-c5c6ccccc6c(-c6ccccc6)c6ccccc56)ccc34)=c3ccccc3=C(c3cccc4sc5ccccc5c34)C2C=C1. The van der Waals surface area contributed by atoms with Gasteiger partial charge in [-0.15, -0.1) is 22.7 Å². The quantitative estimate of drug-likeness (QED) is 0.156. The third kappa shape index (κ3) is 4.96. The van der Waals surface area contributed by atoms with Gasteiger partial charge in [-0.2, -0.15) is 0 Å². The fraction of sp³-hybridized carbons (Fsp3) is 0.0345. The van der Waals surface area contributed by atoms with Crippen molar-refractivity contribution in [3.05, 3.63) is 228 Å². The van der Waals surface area contributed by atoms with Crippen LogP contribution in [0.3, 0.4) is 0 Å². The van der Waals surface area contributed by atoms with Crippen LogP contribution in [0, 0.1) is 11.8 Å². The van der Waals surface area contributed by atoms with Crippen molar-refractivity contribution in [1.82, 2.24) is 0 Å². The Balaban J connectivity index is 1.06. The zero-order valence-electron chi connectivity index (χ0n) is 32.6. The summed E-state index contributed by atoms with van der Waals surface area (Å²) in [5.41, 5.74) is 10.7. The lowest BCUT2D eigenvalue weighted by Gasteiger charge is -2.33. The lowest BCUT2D eigenvalue weighted by molar-refractivity contribution is 0.688. The average molecular weight is 797 g/mol. The number of fused-ring (bicyclic) bond motifs is 10. The van der Waals surface area contributed by atoms with Gasteiger partial charge in [0.1, 0.15) is 0 Å². The highest BCUT2D eigenvalue weighted by atomic mass is 32.1. The van der Waals surface area contributed by atoms with Crippen LogP contribution in [0.4, 0.5) is 0 Å². The second-order valence-corrected chi connectivity index (χ2v) is 18.3. The van der Waals surface area contributed by atoms with Crippen molar-refractivity contribution in [1.29, 1.82) is 0 Å². The molecule has 0 fully saturated rings. The summed E-state index contributed by atoms with van der Waals surface area (Å²) in [4.78, 5) is 0. The first-order valence-corrected chi connectivity index (χ1v) is 22.5. The van der Waals surface area contributed by atoms with E-state index in [1.165, 1.54) is 117 Å². The summed E-state index contributed by atoms with van der Waals surface area (Å²) in [7, 11) is 0. The first-order valence-electron chi connectivity index (χ1n) is 20.8. The van der Waals surface area contributed by atoms with Crippen molar-refractivity contribution >= 4 is 95.7 Å². The summed E-state index contributed by atoms with van der Waals surface area (Å²) in [6.07, 6.45) is 9.45. The van der Waals surface area contributed by atoms with Crippen LogP contribution in [0.5, 0.6) is 0 Å². The van der Waals surface area contributed by atoms with Crippen LogP contribution >= 0.6 is 22.7 Å². The maximum absolute atomic E-state index is 2.46. The van der Waals surface area contributed by atoms with E-state index in [4.69, 9.17) is 0 Å². The lowest BCUT2D eigenvalue weighted by atomic mass is 9.69. The van der Waals surface area contributed by atoms with Gasteiger partial charge in [-0.05, 0) is 94.7 Å². The monoisotopic (exact) mass is 796 g/mol. The summed E-state index contributed by atoms with van der Waals surface area (Å²) in [6.45, 7) is 0. The molecule has 2 aliphatic rings. The fourth-order valence-corrected chi connectivity index (χ4v) is 13.0. The molecule has 0 saturated heterocycles. The predicted octanol–water partition coefficient (Wildman–Crippen LogP) is 14.8. The van der Waals surface area contributed by atoms with E-state index < -0.39 is 0 Å². The Bertz CT molecular complexity index is 3720. The first-order chi connectivity index (χ1) is 29.8. The molecule has 0 bridgehead atoms. The third-order valence-corrected chi connectivity index (χ3v) is 15.4. The normalized spacial score (nSPS) is 16.1. The number of rotatable bonds is 4. The number of allylic oxidation sites excluding steroid dienone is 4. The molecule has 11 aromatic rings. The second-order valence-electron chi connectivity index (χ2n) is 16.2. The van der Waals surface area contributed by atoms with Gasteiger partial charge in [-0.3, -0.25) is 0 Å². The molecule has 2 aliphatic carbocycles. The molecule has 2 heteroatoms. The van der Waals surface area contributed by atoms with Crippen molar-refractivity contribution in [2.75, 3.05) is 0 Å². The molecule has 0 aliphatic heterocycles. The molecule has 0 amide bonds. The van der Waals surface area contributed by atoms with E-state index in [1.54, 1.807) is 0 Å². The molecule has 9 aromatic carbocycles. The minimum absolute atomic E-state index is 0.201. The molecular formula is C58H36S2. The van der Waals surface area contributed by atoms with Gasteiger partial charge in [0.05, 0.1) is 0 Å². The molecule has 2 atom stereocenters. The summed E-state index contributed by atoms with van der Waals surface area (Å²) in [5, 5.41) is 13.2. The van der Waals surface area contributed by atoms with Gasteiger partial charge < -0.3 is 0 Å². The summed E-state index contributed by atoms with van der Waals surface area (Å²) in [5.74, 6) is 0.410. The fourth-order valence-electron chi connectivity index (χ4n) is 10.6.